The summed E-state index contributed by atoms with van der Waals surface area (Å²) in [5.41, 5.74) is 9.05. The Morgan fingerprint density at radius 1 is 1.16 bits per heavy atom. The highest BCUT2D eigenvalue weighted by atomic mass is 15.3. The van der Waals surface area contributed by atoms with Crippen molar-refractivity contribution in [2.24, 2.45) is 0 Å². The summed E-state index contributed by atoms with van der Waals surface area (Å²) in [6.07, 6.45) is 4.86. The van der Waals surface area contributed by atoms with Gasteiger partial charge in [-0.15, -0.1) is 0 Å². The maximum atomic E-state index is 5.99. The Labute approximate surface area is 110 Å². The Balaban J connectivity index is 2.10. The quantitative estimate of drug-likeness (QED) is 0.758. The number of anilines is 1. The van der Waals surface area contributed by atoms with Crippen LogP contribution in [-0.2, 0) is 0 Å². The van der Waals surface area contributed by atoms with E-state index in [0.717, 1.165) is 16.8 Å². The van der Waals surface area contributed by atoms with Crippen LogP contribution in [0.5, 0.6) is 0 Å². The van der Waals surface area contributed by atoms with Gasteiger partial charge in [-0.25, -0.2) is 4.98 Å². The summed E-state index contributed by atoms with van der Waals surface area (Å²) in [6, 6.07) is 9.91. The number of rotatable bonds is 2. The second kappa shape index (κ2) is 4.53. The van der Waals surface area contributed by atoms with Crippen LogP contribution in [0, 0.1) is 6.92 Å². The van der Waals surface area contributed by atoms with Crippen molar-refractivity contribution in [1.82, 2.24) is 19.7 Å². The van der Waals surface area contributed by atoms with Crippen molar-refractivity contribution in [3.63, 3.8) is 0 Å². The van der Waals surface area contributed by atoms with E-state index in [0.29, 0.717) is 11.6 Å². The van der Waals surface area contributed by atoms with Crippen LogP contribution in [0.4, 0.5) is 5.82 Å². The molecule has 19 heavy (non-hydrogen) atoms. The molecular formula is C14H13N5. The van der Waals surface area contributed by atoms with Crippen molar-refractivity contribution in [2.45, 2.75) is 6.92 Å². The lowest BCUT2D eigenvalue weighted by atomic mass is 10.1. The fourth-order valence-electron chi connectivity index (χ4n) is 1.97. The first kappa shape index (κ1) is 11.4. The molecule has 5 heteroatoms. The van der Waals surface area contributed by atoms with E-state index in [2.05, 4.69) is 15.1 Å². The largest absolute Gasteiger partial charge is 0.384 e. The Kier molecular flexibility index (Phi) is 2.72. The van der Waals surface area contributed by atoms with Gasteiger partial charge in [-0.1, -0.05) is 24.3 Å². The number of nitrogen functional groups attached to an aromatic ring is 1. The molecule has 0 saturated carbocycles. The fourth-order valence-corrected chi connectivity index (χ4v) is 1.97. The molecule has 0 radical (unpaired) electrons. The number of nitrogens with two attached hydrogens (primary N) is 1. The van der Waals surface area contributed by atoms with Crippen LogP contribution in [0.1, 0.15) is 5.56 Å². The second-order valence-corrected chi connectivity index (χ2v) is 4.24. The molecule has 0 atom stereocenters. The van der Waals surface area contributed by atoms with E-state index in [1.807, 2.05) is 37.3 Å². The van der Waals surface area contributed by atoms with Crippen LogP contribution in [0.3, 0.4) is 0 Å². The van der Waals surface area contributed by atoms with Gasteiger partial charge in [0.25, 0.3) is 0 Å². The van der Waals surface area contributed by atoms with E-state index in [9.17, 15) is 0 Å². The predicted molar refractivity (Wildman–Crippen MR) is 73.7 cm³/mol. The van der Waals surface area contributed by atoms with Crippen LogP contribution in [0.25, 0.3) is 17.1 Å². The lowest BCUT2D eigenvalue weighted by Crippen LogP contribution is -2.03. The van der Waals surface area contributed by atoms with Gasteiger partial charge >= 0.3 is 0 Å². The summed E-state index contributed by atoms with van der Waals surface area (Å²) in [7, 11) is 0. The molecule has 0 unspecified atom stereocenters. The van der Waals surface area contributed by atoms with Gasteiger partial charge in [-0.05, 0) is 12.5 Å². The normalized spacial score (nSPS) is 10.6. The number of benzene rings is 1. The van der Waals surface area contributed by atoms with Gasteiger partial charge in [0, 0.05) is 24.0 Å². The zero-order valence-corrected chi connectivity index (χ0v) is 10.5. The molecule has 2 heterocycles. The monoisotopic (exact) mass is 251 g/mol. The molecule has 0 spiro atoms. The second-order valence-electron chi connectivity index (χ2n) is 4.24. The lowest BCUT2D eigenvalue weighted by molar-refractivity contribution is 0.850. The molecular weight excluding hydrogens is 238 g/mol. The number of hydrogen-bond donors (Lipinski definition) is 1. The minimum atomic E-state index is 0.541. The topological polar surface area (TPSA) is 69.6 Å². The molecule has 5 nitrogen and oxygen atoms in total. The maximum Gasteiger partial charge on any atom is 0.174 e. The molecule has 0 aliphatic rings. The Bertz CT molecular complexity index is 703. The number of hydrogen-bond acceptors (Lipinski definition) is 4. The van der Waals surface area contributed by atoms with Crippen molar-refractivity contribution in [1.29, 1.82) is 0 Å². The summed E-state index contributed by atoms with van der Waals surface area (Å²) < 4.78 is 1.59. The molecule has 94 valence electrons. The molecule has 0 fully saturated rings. The minimum Gasteiger partial charge on any atom is -0.384 e. The average molecular weight is 251 g/mol. The molecule has 3 rings (SSSR count). The highest BCUT2D eigenvalue weighted by Crippen LogP contribution is 2.24. The van der Waals surface area contributed by atoms with Crippen LogP contribution in [0.15, 0.2) is 48.9 Å². The Hall–Kier alpha value is -2.69. The Morgan fingerprint density at radius 3 is 2.74 bits per heavy atom. The summed E-state index contributed by atoms with van der Waals surface area (Å²) in [5, 5.41) is 4.50. The molecule has 2 N–H and O–H groups in total. The highest BCUT2D eigenvalue weighted by Gasteiger charge is 2.10. The first-order valence-electron chi connectivity index (χ1n) is 5.93. The SMILES string of the molecule is Cc1ccccc1-c1cc(N)n(-c2cnccn2)n1. The zero-order valence-electron chi connectivity index (χ0n) is 10.5. The first-order valence-corrected chi connectivity index (χ1v) is 5.93. The third-order valence-corrected chi connectivity index (χ3v) is 2.92. The molecule has 2 aromatic heterocycles. The molecule has 0 amide bonds. The van der Waals surface area contributed by atoms with E-state index >= 15 is 0 Å². The highest BCUT2D eigenvalue weighted by molar-refractivity contribution is 5.66. The standard InChI is InChI=1S/C14H13N5/c1-10-4-2-3-5-11(10)12-8-13(15)19(18-12)14-9-16-6-7-17-14/h2-9H,15H2,1H3. The van der Waals surface area contributed by atoms with E-state index in [4.69, 9.17) is 5.73 Å². The van der Waals surface area contributed by atoms with Gasteiger partial charge in [-0.3, -0.25) is 4.98 Å². The Morgan fingerprint density at radius 2 is 2.00 bits per heavy atom. The van der Waals surface area contributed by atoms with Gasteiger partial charge in [0.2, 0.25) is 0 Å². The maximum absolute atomic E-state index is 5.99. The third-order valence-electron chi connectivity index (χ3n) is 2.92. The van der Waals surface area contributed by atoms with Crippen LogP contribution >= 0.6 is 0 Å². The van der Waals surface area contributed by atoms with Crippen LogP contribution < -0.4 is 5.73 Å². The predicted octanol–water partition coefficient (Wildman–Crippen LogP) is 2.22. The molecule has 0 saturated heterocycles. The number of aromatic nitrogens is 4. The number of nitrogens with zero attached hydrogens (tertiary/aromatic N) is 4. The molecule has 1 aromatic carbocycles. The van der Waals surface area contributed by atoms with E-state index in [1.165, 1.54) is 0 Å². The van der Waals surface area contributed by atoms with Crippen molar-refractivity contribution < 1.29 is 0 Å². The molecule has 0 aliphatic heterocycles. The fraction of sp³-hybridized carbons (Fsp3) is 0.0714. The van der Waals surface area contributed by atoms with Crippen molar-refractivity contribution >= 4 is 5.82 Å². The van der Waals surface area contributed by atoms with Crippen molar-refractivity contribution in [3.05, 3.63) is 54.5 Å². The first-order chi connectivity index (χ1) is 9.25. The lowest BCUT2D eigenvalue weighted by Gasteiger charge is -2.02. The van der Waals surface area contributed by atoms with Gasteiger partial charge in [0.05, 0.1) is 11.9 Å². The summed E-state index contributed by atoms with van der Waals surface area (Å²) in [5.74, 6) is 1.15. The van der Waals surface area contributed by atoms with E-state index in [-0.39, 0.29) is 0 Å². The summed E-state index contributed by atoms with van der Waals surface area (Å²) in [6.45, 7) is 2.05. The van der Waals surface area contributed by atoms with E-state index < -0.39 is 0 Å². The van der Waals surface area contributed by atoms with Gasteiger partial charge in [0.1, 0.15) is 5.82 Å². The average Bonchev–Trinajstić information content (AvgIpc) is 2.82. The van der Waals surface area contributed by atoms with Crippen molar-refractivity contribution in [3.8, 4) is 17.1 Å². The summed E-state index contributed by atoms with van der Waals surface area (Å²) >= 11 is 0. The minimum absolute atomic E-state index is 0.541. The van der Waals surface area contributed by atoms with Crippen molar-refractivity contribution in [2.75, 3.05) is 5.73 Å². The zero-order chi connectivity index (χ0) is 13.2. The smallest absolute Gasteiger partial charge is 0.174 e. The van der Waals surface area contributed by atoms with E-state index in [1.54, 1.807) is 23.3 Å². The van der Waals surface area contributed by atoms with Crippen LogP contribution in [0.2, 0.25) is 0 Å². The molecule has 0 aliphatic carbocycles. The van der Waals surface area contributed by atoms with Gasteiger partial charge < -0.3 is 5.73 Å². The summed E-state index contributed by atoms with van der Waals surface area (Å²) in [4.78, 5) is 8.22. The van der Waals surface area contributed by atoms with Gasteiger partial charge in [0.15, 0.2) is 5.82 Å². The third kappa shape index (κ3) is 2.06. The number of aryl methyl sites for hydroxylation is 1. The molecule has 3 aromatic rings. The van der Waals surface area contributed by atoms with Gasteiger partial charge in [-0.2, -0.15) is 9.78 Å². The van der Waals surface area contributed by atoms with Crippen LogP contribution in [-0.4, -0.2) is 19.7 Å². The molecule has 0 bridgehead atoms.